The molecule has 0 atom stereocenters. The highest BCUT2D eigenvalue weighted by molar-refractivity contribution is 9.10. The van der Waals surface area contributed by atoms with E-state index in [-0.39, 0.29) is 5.69 Å². The highest BCUT2D eigenvalue weighted by atomic mass is 79.9. The van der Waals surface area contributed by atoms with Crippen molar-refractivity contribution >= 4 is 79.1 Å². The summed E-state index contributed by atoms with van der Waals surface area (Å²) < 4.78 is 2.05. The first-order valence-electron chi connectivity index (χ1n) is 9.98. The number of para-hydroxylation sites is 1. The molecule has 7 nitrogen and oxygen atoms in total. The van der Waals surface area contributed by atoms with Crippen LogP contribution in [0.5, 0.6) is 0 Å². The normalized spacial score (nSPS) is 10.7. The maximum absolute atomic E-state index is 13.1. The van der Waals surface area contributed by atoms with Crippen molar-refractivity contribution in [3.8, 4) is 0 Å². The molecule has 0 fully saturated rings. The molecule has 0 bridgehead atoms. The van der Waals surface area contributed by atoms with Crippen LogP contribution in [-0.4, -0.2) is 22.4 Å². The summed E-state index contributed by atoms with van der Waals surface area (Å²) in [5.41, 5.74) is 4.74. The van der Waals surface area contributed by atoms with E-state index in [2.05, 4.69) is 32.0 Å². The summed E-state index contributed by atoms with van der Waals surface area (Å²) in [5.74, 6) is -2.41. The number of anilines is 2. The summed E-state index contributed by atoms with van der Waals surface area (Å²) in [4.78, 5) is 38.3. The molecule has 10 heteroatoms. The van der Waals surface area contributed by atoms with Gasteiger partial charge in [-0.15, -0.1) is 0 Å². The number of fused-ring (bicyclic) bond motifs is 1. The van der Waals surface area contributed by atoms with Crippen molar-refractivity contribution in [2.24, 2.45) is 0 Å². The van der Waals surface area contributed by atoms with E-state index in [0.29, 0.717) is 32.3 Å². The molecule has 4 aromatic rings. The van der Waals surface area contributed by atoms with Crippen molar-refractivity contribution in [1.29, 1.82) is 0 Å². The second-order valence-electron chi connectivity index (χ2n) is 7.36. The van der Waals surface area contributed by atoms with Crippen molar-refractivity contribution in [2.45, 2.75) is 6.92 Å². The molecule has 0 aliphatic rings. The molecule has 1 heterocycles. The molecule has 3 N–H and O–H groups in total. The van der Waals surface area contributed by atoms with Crippen LogP contribution in [0, 0.1) is 6.92 Å². The Kier molecular flexibility index (Phi) is 6.92. The number of halogens is 3. The lowest BCUT2D eigenvalue weighted by atomic mass is 10.2. The molecule has 0 spiro atoms. The molecule has 0 aliphatic heterocycles. The maximum atomic E-state index is 13.1. The Morgan fingerprint density at radius 2 is 1.62 bits per heavy atom. The molecule has 172 valence electrons. The number of rotatable bonds is 4. The van der Waals surface area contributed by atoms with Gasteiger partial charge in [0, 0.05) is 20.6 Å². The van der Waals surface area contributed by atoms with Gasteiger partial charge >= 0.3 is 11.8 Å². The molecule has 0 unspecified atom stereocenters. The van der Waals surface area contributed by atoms with Gasteiger partial charge in [0.1, 0.15) is 5.69 Å². The predicted molar refractivity (Wildman–Crippen MR) is 138 cm³/mol. The first kappa shape index (κ1) is 23.8. The van der Waals surface area contributed by atoms with Crippen LogP contribution in [0.25, 0.3) is 10.9 Å². The van der Waals surface area contributed by atoms with Crippen LogP contribution in [0.4, 0.5) is 11.4 Å². The molecule has 0 saturated carbocycles. The summed E-state index contributed by atoms with van der Waals surface area (Å²) >= 11 is 15.6. The Bertz CT molecular complexity index is 1450. The molecular weight excluding hydrogens is 543 g/mol. The molecular formula is C24H17BrCl2N4O3. The van der Waals surface area contributed by atoms with Crippen molar-refractivity contribution in [1.82, 2.24) is 4.68 Å². The first-order chi connectivity index (χ1) is 16.2. The number of hydrogen-bond acceptors (Lipinski definition) is 3. The fourth-order valence-electron chi connectivity index (χ4n) is 3.23. The van der Waals surface area contributed by atoms with Gasteiger partial charge in [0.2, 0.25) is 0 Å². The Labute approximate surface area is 213 Å². The second-order valence-corrected chi connectivity index (χ2v) is 9.09. The zero-order valence-corrected chi connectivity index (χ0v) is 20.8. The Hall–Kier alpha value is -3.33. The fourth-order valence-corrected chi connectivity index (χ4v) is 3.98. The lowest BCUT2D eigenvalue weighted by Gasteiger charge is -2.13. The molecule has 0 aliphatic carbocycles. The number of aryl methyl sites for hydroxylation is 1. The topological polar surface area (TPSA) is 92.2 Å². The van der Waals surface area contributed by atoms with E-state index in [1.165, 1.54) is 4.68 Å². The fraction of sp³-hybridized carbons (Fsp3) is 0.0417. The minimum atomic E-state index is -0.969. The zero-order valence-electron chi connectivity index (χ0n) is 17.7. The van der Waals surface area contributed by atoms with Gasteiger partial charge in [-0.3, -0.25) is 19.8 Å². The van der Waals surface area contributed by atoms with E-state index < -0.39 is 17.7 Å². The van der Waals surface area contributed by atoms with Crippen LogP contribution in [0.2, 0.25) is 10.0 Å². The number of carbonyl (C=O) groups excluding carboxylic acids is 3. The summed E-state index contributed by atoms with van der Waals surface area (Å²) in [6, 6.07) is 18.6. The van der Waals surface area contributed by atoms with Gasteiger partial charge in [0.05, 0.1) is 16.2 Å². The highest BCUT2D eigenvalue weighted by Crippen LogP contribution is 2.26. The molecule has 3 amide bonds. The average molecular weight is 560 g/mol. The lowest BCUT2D eigenvalue weighted by Crippen LogP contribution is -2.36. The van der Waals surface area contributed by atoms with Gasteiger partial charge in [0.15, 0.2) is 0 Å². The maximum Gasteiger partial charge on any atom is 0.328 e. The van der Waals surface area contributed by atoms with Crippen LogP contribution < -0.4 is 16.1 Å². The minimum Gasteiger partial charge on any atom is -0.319 e. The van der Waals surface area contributed by atoms with E-state index in [9.17, 15) is 14.4 Å². The predicted octanol–water partition coefficient (Wildman–Crippen LogP) is 5.98. The third-order valence-corrected chi connectivity index (χ3v) is 6.20. The van der Waals surface area contributed by atoms with Gasteiger partial charge in [0.25, 0.3) is 5.91 Å². The third kappa shape index (κ3) is 5.09. The van der Waals surface area contributed by atoms with Crippen LogP contribution in [0.15, 0.2) is 71.2 Å². The monoisotopic (exact) mass is 558 g/mol. The van der Waals surface area contributed by atoms with Crippen molar-refractivity contribution in [3.63, 3.8) is 0 Å². The number of benzene rings is 3. The van der Waals surface area contributed by atoms with E-state index in [4.69, 9.17) is 23.2 Å². The Morgan fingerprint density at radius 3 is 2.35 bits per heavy atom. The summed E-state index contributed by atoms with van der Waals surface area (Å²) in [6.45, 7) is 1.82. The number of carbonyl (C=O) groups is 3. The number of nitrogens with one attached hydrogen (secondary N) is 3. The van der Waals surface area contributed by atoms with E-state index in [0.717, 1.165) is 10.0 Å². The molecule has 4 rings (SSSR count). The van der Waals surface area contributed by atoms with Gasteiger partial charge in [-0.25, -0.2) is 4.68 Å². The van der Waals surface area contributed by atoms with Crippen molar-refractivity contribution in [2.75, 3.05) is 16.1 Å². The van der Waals surface area contributed by atoms with Crippen molar-refractivity contribution < 1.29 is 14.4 Å². The average Bonchev–Trinajstić information content (AvgIpc) is 3.15. The SMILES string of the molecule is Cc1ccc(NC(=O)C(=O)Nn2c(C(=O)Nc3ccccc3Cl)cc3cc(Br)ccc32)cc1Cl. The summed E-state index contributed by atoms with van der Waals surface area (Å²) in [5, 5.41) is 6.72. The molecule has 0 radical (unpaired) electrons. The summed E-state index contributed by atoms with van der Waals surface area (Å²) in [7, 11) is 0. The Balaban J connectivity index is 1.63. The van der Waals surface area contributed by atoms with Gasteiger partial charge in [-0.05, 0) is 61.0 Å². The van der Waals surface area contributed by atoms with Crippen molar-refractivity contribution in [3.05, 3.63) is 92.5 Å². The van der Waals surface area contributed by atoms with E-state index in [1.807, 2.05) is 6.92 Å². The lowest BCUT2D eigenvalue weighted by molar-refractivity contribution is -0.133. The molecule has 1 aromatic heterocycles. The van der Waals surface area contributed by atoms with E-state index in [1.54, 1.807) is 66.7 Å². The van der Waals surface area contributed by atoms with Gasteiger partial charge in [-0.2, -0.15) is 0 Å². The number of amides is 3. The van der Waals surface area contributed by atoms with Crippen LogP contribution in [-0.2, 0) is 9.59 Å². The molecule has 34 heavy (non-hydrogen) atoms. The quantitative estimate of drug-likeness (QED) is 0.268. The zero-order chi connectivity index (χ0) is 24.4. The molecule has 0 saturated heterocycles. The van der Waals surface area contributed by atoms with Crippen LogP contribution >= 0.6 is 39.1 Å². The van der Waals surface area contributed by atoms with Crippen LogP contribution in [0.1, 0.15) is 16.1 Å². The first-order valence-corrected chi connectivity index (χ1v) is 11.5. The standard InChI is InChI=1S/C24H17BrCl2N4O3/c1-13-6-8-16(12-18(13)27)28-23(33)24(34)30-31-20-9-7-15(25)10-14(20)11-21(31)22(32)29-19-5-3-2-4-17(19)26/h2-12H,1H3,(H,28,33)(H,29,32)(H,30,34). The third-order valence-electron chi connectivity index (χ3n) is 4.97. The smallest absolute Gasteiger partial charge is 0.319 e. The second kappa shape index (κ2) is 9.89. The highest BCUT2D eigenvalue weighted by Gasteiger charge is 2.21. The number of hydrogen-bond donors (Lipinski definition) is 3. The van der Waals surface area contributed by atoms with Crippen LogP contribution in [0.3, 0.4) is 0 Å². The minimum absolute atomic E-state index is 0.104. The molecule has 3 aromatic carbocycles. The summed E-state index contributed by atoms with van der Waals surface area (Å²) in [6.07, 6.45) is 0. The largest absolute Gasteiger partial charge is 0.328 e. The number of nitrogens with zero attached hydrogens (tertiary/aromatic N) is 1. The van der Waals surface area contributed by atoms with Gasteiger partial charge < -0.3 is 10.6 Å². The number of aromatic nitrogens is 1. The van der Waals surface area contributed by atoms with E-state index >= 15 is 0 Å². The van der Waals surface area contributed by atoms with Gasteiger partial charge in [-0.1, -0.05) is 57.3 Å². The Morgan fingerprint density at radius 1 is 0.853 bits per heavy atom.